The van der Waals surface area contributed by atoms with E-state index >= 15 is 0 Å². The Balaban J connectivity index is 1.63. The van der Waals surface area contributed by atoms with Crippen molar-refractivity contribution in [2.45, 2.75) is 51.0 Å². The fourth-order valence-electron chi connectivity index (χ4n) is 3.45. The van der Waals surface area contributed by atoms with Crippen molar-refractivity contribution in [3.8, 4) is 5.75 Å². The number of rotatable bonds is 3. The van der Waals surface area contributed by atoms with Crippen LogP contribution < -0.4 is 10.5 Å². The predicted octanol–water partition coefficient (Wildman–Crippen LogP) is 3.07. The molecule has 1 fully saturated rings. The molecule has 1 aromatic rings. The van der Waals surface area contributed by atoms with E-state index in [9.17, 15) is 0 Å². The molecule has 2 atom stereocenters. The van der Waals surface area contributed by atoms with E-state index in [-0.39, 0.29) is 5.54 Å². The highest BCUT2D eigenvalue weighted by molar-refractivity contribution is 5.39. The average molecular weight is 245 g/mol. The first-order valence-electron chi connectivity index (χ1n) is 7.18. The maximum atomic E-state index is 6.49. The van der Waals surface area contributed by atoms with Gasteiger partial charge in [-0.15, -0.1) is 0 Å². The van der Waals surface area contributed by atoms with Gasteiger partial charge in [-0.1, -0.05) is 19.1 Å². The number of aryl methyl sites for hydroxylation is 1. The Morgan fingerprint density at radius 2 is 2.33 bits per heavy atom. The number of nitrogens with two attached hydrogens (primary N) is 1. The first kappa shape index (κ1) is 12.0. The summed E-state index contributed by atoms with van der Waals surface area (Å²) in [5.41, 5.74) is 9.37. The molecule has 0 saturated heterocycles. The van der Waals surface area contributed by atoms with Crippen molar-refractivity contribution in [2.24, 2.45) is 11.7 Å². The average Bonchev–Trinajstić information content (AvgIpc) is 2.93. The number of hydrogen-bond acceptors (Lipinski definition) is 2. The Bertz CT molecular complexity index is 443. The van der Waals surface area contributed by atoms with Gasteiger partial charge in [0, 0.05) is 12.0 Å². The summed E-state index contributed by atoms with van der Waals surface area (Å²) in [6.45, 7) is 3.17. The maximum Gasteiger partial charge on any atom is 0.122 e. The summed E-state index contributed by atoms with van der Waals surface area (Å²) in [5.74, 6) is 1.89. The molecule has 3 rings (SSSR count). The van der Waals surface area contributed by atoms with E-state index in [2.05, 4.69) is 25.1 Å². The fourth-order valence-corrected chi connectivity index (χ4v) is 3.45. The molecular weight excluding hydrogens is 222 g/mol. The van der Waals surface area contributed by atoms with Gasteiger partial charge in [-0.25, -0.2) is 0 Å². The third-order valence-corrected chi connectivity index (χ3v) is 4.56. The Labute approximate surface area is 110 Å². The molecule has 2 aliphatic rings. The zero-order chi connectivity index (χ0) is 12.6. The molecule has 18 heavy (non-hydrogen) atoms. The minimum absolute atomic E-state index is 0.0922. The predicted molar refractivity (Wildman–Crippen MR) is 73.9 cm³/mol. The Kier molecular flexibility index (Phi) is 3.06. The van der Waals surface area contributed by atoms with Crippen LogP contribution >= 0.6 is 0 Å². The van der Waals surface area contributed by atoms with Crippen LogP contribution in [0, 0.1) is 5.92 Å². The molecule has 2 unspecified atom stereocenters. The topological polar surface area (TPSA) is 35.2 Å². The summed E-state index contributed by atoms with van der Waals surface area (Å²) in [6.07, 6.45) is 6.99. The second kappa shape index (κ2) is 4.58. The molecule has 2 heteroatoms. The van der Waals surface area contributed by atoms with Crippen LogP contribution in [-0.2, 0) is 12.8 Å². The molecule has 1 saturated carbocycles. The number of benzene rings is 1. The summed E-state index contributed by atoms with van der Waals surface area (Å²) >= 11 is 0. The standard InChI is InChI=1S/C16H23NO/c1-12-4-7-16(17,11-12)8-5-13-2-3-15-14(10-13)6-9-18-15/h2-3,10,12H,4-9,11,17H2,1H3. The third-order valence-electron chi connectivity index (χ3n) is 4.56. The van der Waals surface area contributed by atoms with Crippen LogP contribution in [-0.4, -0.2) is 12.1 Å². The summed E-state index contributed by atoms with van der Waals surface area (Å²) in [4.78, 5) is 0. The molecular formula is C16H23NO. The molecule has 0 spiro atoms. The zero-order valence-electron chi connectivity index (χ0n) is 11.2. The lowest BCUT2D eigenvalue weighted by atomic mass is 9.89. The van der Waals surface area contributed by atoms with Crippen molar-refractivity contribution < 1.29 is 4.74 Å². The maximum absolute atomic E-state index is 6.49. The highest BCUT2D eigenvalue weighted by Gasteiger charge is 2.33. The lowest BCUT2D eigenvalue weighted by Gasteiger charge is -2.24. The molecule has 0 bridgehead atoms. The first-order valence-corrected chi connectivity index (χ1v) is 7.18. The van der Waals surface area contributed by atoms with Crippen LogP contribution in [0.25, 0.3) is 0 Å². The van der Waals surface area contributed by atoms with E-state index < -0.39 is 0 Å². The summed E-state index contributed by atoms with van der Waals surface area (Å²) in [5, 5.41) is 0. The molecule has 0 amide bonds. The van der Waals surface area contributed by atoms with Gasteiger partial charge < -0.3 is 10.5 Å². The fraction of sp³-hybridized carbons (Fsp3) is 0.625. The van der Waals surface area contributed by atoms with E-state index in [0.717, 1.165) is 37.5 Å². The van der Waals surface area contributed by atoms with Gasteiger partial charge in [-0.2, -0.15) is 0 Å². The van der Waals surface area contributed by atoms with Gasteiger partial charge in [-0.05, 0) is 55.2 Å². The van der Waals surface area contributed by atoms with Gasteiger partial charge in [-0.3, -0.25) is 0 Å². The van der Waals surface area contributed by atoms with Crippen LogP contribution in [0.3, 0.4) is 0 Å². The molecule has 2 nitrogen and oxygen atoms in total. The second-order valence-corrected chi connectivity index (χ2v) is 6.25. The van der Waals surface area contributed by atoms with Crippen LogP contribution in [0.4, 0.5) is 0 Å². The van der Waals surface area contributed by atoms with Crippen molar-refractivity contribution >= 4 is 0 Å². The Morgan fingerprint density at radius 3 is 3.11 bits per heavy atom. The second-order valence-electron chi connectivity index (χ2n) is 6.25. The van der Waals surface area contributed by atoms with Crippen LogP contribution in [0.5, 0.6) is 5.75 Å². The zero-order valence-corrected chi connectivity index (χ0v) is 11.2. The third kappa shape index (κ3) is 2.39. The van der Waals surface area contributed by atoms with Crippen LogP contribution in [0.15, 0.2) is 18.2 Å². The van der Waals surface area contributed by atoms with Gasteiger partial charge in [0.2, 0.25) is 0 Å². The summed E-state index contributed by atoms with van der Waals surface area (Å²) in [7, 11) is 0. The quantitative estimate of drug-likeness (QED) is 0.888. The van der Waals surface area contributed by atoms with E-state index in [0.29, 0.717) is 0 Å². The molecule has 98 valence electrons. The number of ether oxygens (including phenoxy) is 1. The van der Waals surface area contributed by atoms with Crippen molar-refractivity contribution in [1.82, 2.24) is 0 Å². The highest BCUT2D eigenvalue weighted by Crippen LogP contribution is 2.36. The van der Waals surface area contributed by atoms with E-state index in [1.807, 2.05) is 0 Å². The lowest BCUT2D eigenvalue weighted by Crippen LogP contribution is -2.37. The van der Waals surface area contributed by atoms with E-state index in [1.165, 1.54) is 30.4 Å². The SMILES string of the molecule is CC1CCC(N)(CCc2ccc3c(c2)CCO3)C1. The lowest BCUT2D eigenvalue weighted by molar-refractivity contribution is 0.356. The number of hydrogen-bond donors (Lipinski definition) is 1. The van der Waals surface area contributed by atoms with Gasteiger partial charge in [0.25, 0.3) is 0 Å². The molecule has 1 aliphatic carbocycles. The van der Waals surface area contributed by atoms with Crippen molar-refractivity contribution in [2.75, 3.05) is 6.61 Å². The minimum Gasteiger partial charge on any atom is -0.493 e. The Morgan fingerprint density at radius 1 is 1.44 bits per heavy atom. The highest BCUT2D eigenvalue weighted by atomic mass is 16.5. The molecule has 1 aliphatic heterocycles. The normalized spacial score (nSPS) is 30.2. The number of fused-ring (bicyclic) bond motifs is 1. The molecule has 1 aromatic carbocycles. The molecule has 1 heterocycles. The monoisotopic (exact) mass is 245 g/mol. The van der Waals surface area contributed by atoms with Gasteiger partial charge in [0.05, 0.1) is 6.61 Å². The molecule has 2 N–H and O–H groups in total. The minimum atomic E-state index is 0.0922. The first-order chi connectivity index (χ1) is 8.65. The molecule has 0 aromatic heterocycles. The largest absolute Gasteiger partial charge is 0.493 e. The summed E-state index contributed by atoms with van der Waals surface area (Å²) < 4.78 is 5.54. The van der Waals surface area contributed by atoms with Gasteiger partial charge >= 0.3 is 0 Å². The van der Waals surface area contributed by atoms with Gasteiger partial charge in [0.15, 0.2) is 0 Å². The summed E-state index contributed by atoms with van der Waals surface area (Å²) in [6, 6.07) is 6.63. The van der Waals surface area contributed by atoms with Crippen LogP contribution in [0.2, 0.25) is 0 Å². The van der Waals surface area contributed by atoms with Crippen molar-refractivity contribution in [3.63, 3.8) is 0 Å². The van der Waals surface area contributed by atoms with E-state index in [4.69, 9.17) is 10.5 Å². The smallest absolute Gasteiger partial charge is 0.122 e. The Hall–Kier alpha value is -1.02. The van der Waals surface area contributed by atoms with Gasteiger partial charge in [0.1, 0.15) is 5.75 Å². The van der Waals surface area contributed by atoms with Crippen molar-refractivity contribution in [1.29, 1.82) is 0 Å². The van der Waals surface area contributed by atoms with Crippen molar-refractivity contribution in [3.05, 3.63) is 29.3 Å². The van der Waals surface area contributed by atoms with Crippen LogP contribution in [0.1, 0.15) is 43.7 Å². The van der Waals surface area contributed by atoms with E-state index in [1.54, 1.807) is 0 Å². The molecule has 0 radical (unpaired) electrons.